The van der Waals surface area contributed by atoms with Crippen molar-refractivity contribution in [3.05, 3.63) is 108 Å². The lowest BCUT2D eigenvalue weighted by atomic mass is 9.89. The molecule has 3 unspecified atom stereocenters. The Hall–Kier alpha value is -4.35. The second kappa shape index (κ2) is 15.9. The van der Waals surface area contributed by atoms with Gasteiger partial charge in [-0.05, 0) is 56.6 Å². The van der Waals surface area contributed by atoms with Gasteiger partial charge in [-0.3, -0.25) is 0 Å². The van der Waals surface area contributed by atoms with Crippen LogP contribution in [0.1, 0.15) is 42.1 Å². The van der Waals surface area contributed by atoms with E-state index in [0.29, 0.717) is 5.56 Å². The van der Waals surface area contributed by atoms with Crippen LogP contribution in [0.15, 0.2) is 79.0 Å². The summed E-state index contributed by atoms with van der Waals surface area (Å²) < 4.78 is 80.4. The molecule has 6 rings (SSSR count). The number of thiocarbonyl (C=S) groups is 1. The lowest BCUT2D eigenvalue weighted by Gasteiger charge is -2.50. The van der Waals surface area contributed by atoms with Crippen LogP contribution in [0.3, 0.4) is 0 Å². The van der Waals surface area contributed by atoms with Gasteiger partial charge >= 0.3 is 11.9 Å². The molecule has 3 heterocycles. The molecule has 0 amide bonds. The fraction of sp³-hybridized carbons (Fsp3) is 0.343. The number of fused-ring (bicyclic) bond motifs is 1. The highest BCUT2D eigenvalue weighted by Crippen LogP contribution is 2.42. The molecule has 268 valence electrons. The maximum Gasteiger partial charge on any atom is 0.350 e. The molecule has 2 aliphatic heterocycles. The van der Waals surface area contributed by atoms with Crippen LogP contribution < -0.4 is 0 Å². The van der Waals surface area contributed by atoms with E-state index < -0.39 is 78.3 Å². The molecule has 3 aromatic carbocycles. The van der Waals surface area contributed by atoms with Gasteiger partial charge in [0.2, 0.25) is 10.5 Å². The quantitative estimate of drug-likeness (QED) is 0.114. The van der Waals surface area contributed by atoms with Gasteiger partial charge in [0.15, 0.2) is 29.8 Å². The topological polar surface area (TPSA) is 120 Å². The van der Waals surface area contributed by atoms with Crippen molar-refractivity contribution < 1.29 is 51.2 Å². The first-order valence-corrected chi connectivity index (χ1v) is 17.4. The van der Waals surface area contributed by atoms with Gasteiger partial charge in [-0.1, -0.05) is 65.5 Å². The van der Waals surface area contributed by atoms with E-state index in [9.17, 15) is 22.8 Å². The largest absolute Gasteiger partial charge is 0.470 e. The van der Waals surface area contributed by atoms with E-state index in [4.69, 9.17) is 40.6 Å². The number of nitrogens with zero attached hydrogens (tertiary/aromatic N) is 3. The van der Waals surface area contributed by atoms with Crippen molar-refractivity contribution in [2.45, 2.75) is 62.8 Å². The molecule has 2 saturated heterocycles. The number of thioether (sulfide) groups is 1. The monoisotopic (exact) mass is 743 g/mol. The van der Waals surface area contributed by atoms with E-state index in [1.54, 1.807) is 38.3 Å². The first kappa shape index (κ1) is 36.4. The molecule has 16 heteroatoms. The lowest BCUT2D eigenvalue weighted by Crippen LogP contribution is -2.64. The van der Waals surface area contributed by atoms with Gasteiger partial charge in [-0.15, -0.1) is 5.10 Å². The fourth-order valence-electron chi connectivity index (χ4n) is 5.81. The van der Waals surface area contributed by atoms with Gasteiger partial charge in [0, 0.05) is 11.1 Å². The van der Waals surface area contributed by atoms with Crippen LogP contribution in [0.25, 0.3) is 11.3 Å². The average Bonchev–Trinajstić information content (AvgIpc) is 3.62. The smallest absolute Gasteiger partial charge is 0.350 e. The van der Waals surface area contributed by atoms with E-state index >= 15 is 0 Å². The molecule has 11 nitrogen and oxygen atoms in total. The van der Waals surface area contributed by atoms with E-state index in [1.807, 2.05) is 30.3 Å². The Morgan fingerprint density at radius 3 is 2.29 bits per heavy atom. The summed E-state index contributed by atoms with van der Waals surface area (Å²) in [6.07, 6.45) is -4.64. The Labute approximate surface area is 300 Å². The van der Waals surface area contributed by atoms with E-state index in [2.05, 4.69) is 10.3 Å². The summed E-state index contributed by atoms with van der Waals surface area (Å²) in [7, 11) is 0. The van der Waals surface area contributed by atoms with Gasteiger partial charge in [0.05, 0.1) is 24.5 Å². The van der Waals surface area contributed by atoms with E-state index in [1.165, 1.54) is 23.0 Å². The van der Waals surface area contributed by atoms with Crippen LogP contribution in [-0.4, -0.2) is 80.8 Å². The zero-order valence-electron chi connectivity index (χ0n) is 27.4. The van der Waals surface area contributed by atoms with Gasteiger partial charge in [-0.2, -0.15) is 0 Å². The van der Waals surface area contributed by atoms with Gasteiger partial charge in [-0.25, -0.2) is 27.4 Å². The Bertz CT molecular complexity index is 1850. The minimum Gasteiger partial charge on any atom is -0.470 e. The third-order valence-electron chi connectivity index (χ3n) is 8.08. The van der Waals surface area contributed by atoms with Crippen LogP contribution in [0.4, 0.5) is 13.2 Å². The summed E-state index contributed by atoms with van der Waals surface area (Å²) >= 11 is 6.57. The summed E-state index contributed by atoms with van der Waals surface area (Å²) in [6.45, 7) is 3.22. The summed E-state index contributed by atoms with van der Waals surface area (Å²) in [4.78, 5) is 27.2. The predicted octanol–water partition coefficient (Wildman–Crippen LogP) is 6.00. The summed E-state index contributed by atoms with van der Waals surface area (Å²) in [6, 6.07) is 17.7. The van der Waals surface area contributed by atoms with Crippen molar-refractivity contribution in [3.8, 4) is 11.3 Å². The van der Waals surface area contributed by atoms with Crippen LogP contribution in [-0.2, 0) is 33.2 Å². The third kappa shape index (κ3) is 8.10. The average molecular weight is 744 g/mol. The normalized spacial score (nSPS) is 23.6. The van der Waals surface area contributed by atoms with E-state index in [-0.39, 0.29) is 27.8 Å². The first-order chi connectivity index (χ1) is 24.5. The highest BCUT2D eigenvalue weighted by Gasteiger charge is 2.57. The zero-order valence-corrected chi connectivity index (χ0v) is 29.0. The van der Waals surface area contributed by atoms with Crippen molar-refractivity contribution in [1.82, 2.24) is 15.0 Å². The second-order valence-corrected chi connectivity index (χ2v) is 13.3. The van der Waals surface area contributed by atoms with Crippen LogP contribution in [0.2, 0.25) is 0 Å². The zero-order chi connectivity index (χ0) is 36.2. The first-order valence-electron chi connectivity index (χ1n) is 15.8. The number of esters is 2. The Kier molecular flexibility index (Phi) is 11.4. The fourth-order valence-corrected chi connectivity index (χ4v) is 6.13. The molecule has 2 aliphatic rings. The number of rotatable bonds is 9. The lowest BCUT2D eigenvalue weighted by molar-refractivity contribution is -0.321. The molecule has 2 fully saturated rings. The number of hydrogen-bond donors (Lipinski definition) is 0. The highest BCUT2D eigenvalue weighted by atomic mass is 32.2. The number of benzene rings is 3. The molecule has 1 aromatic heterocycles. The molecule has 0 N–H and O–H groups in total. The standard InChI is InChI=1S/C35H32F3N3O8S2/c1-18(2)45-33(43)31(47-32(42)19-10-6-4-7-11-19)30-29(49-35(50)51-3)27(28-25(46-30)17-44-34(48-28)20-12-8-5-9-13-20)41-16-24(39-40-41)21-14-22(36)26(38)23(37)15-21/h4-16,18,25,27-31,34H,17H2,1-3H3/t25?,27-,28-,29?,30+,31-,34?/m0/s1. The van der Waals surface area contributed by atoms with Crippen molar-refractivity contribution in [2.75, 3.05) is 12.9 Å². The molecule has 7 atom stereocenters. The van der Waals surface area contributed by atoms with Crippen LogP contribution >= 0.6 is 24.0 Å². The van der Waals surface area contributed by atoms with E-state index in [0.717, 1.165) is 23.9 Å². The molecule has 0 bridgehead atoms. The molecule has 0 saturated carbocycles. The van der Waals surface area contributed by atoms with Crippen molar-refractivity contribution >= 4 is 40.3 Å². The highest BCUT2D eigenvalue weighted by molar-refractivity contribution is 8.22. The maximum absolute atomic E-state index is 14.2. The third-order valence-corrected chi connectivity index (χ3v) is 9.11. The van der Waals surface area contributed by atoms with Crippen molar-refractivity contribution in [1.29, 1.82) is 0 Å². The van der Waals surface area contributed by atoms with Crippen LogP contribution in [0, 0.1) is 17.5 Å². The van der Waals surface area contributed by atoms with Crippen molar-refractivity contribution in [2.24, 2.45) is 0 Å². The Morgan fingerprint density at radius 2 is 1.65 bits per heavy atom. The summed E-state index contributed by atoms with van der Waals surface area (Å²) in [5.74, 6) is -6.22. The molecular formula is C35H32F3N3O8S2. The number of hydrogen-bond acceptors (Lipinski definition) is 12. The van der Waals surface area contributed by atoms with Crippen LogP contribution in [0.5, 0.6) is 0 Å². The molecule has 0 spiro atoms. The van der Waals surface area contributed by atoms with Gasteiger partial charge in [0.25, 0.3) is 0 Å². The van der Waals surface area contributed by atoms with Crippen molar-refractivity contribution in [3.63, 3.8) is 0 Å². The minimum absolute atomic E-state index is 0.0171. The number of ether oxygens (including phenoxy) is 6. The molecule has 51 heavy (non-hydrogen) atoms. The number of aromatic nitrogens is 3. The second-order valence-electron chi connectivity index (χ2n) is 11.9. The Balaban J connectivity index is 1.46. The van der Waals surface area contributed by atoms with Gasteiger partial charge in [0.1, 0.15) is 30.0 Å². The number of halogens is 3. The maximum atomic E-state index is 14.2. The summed E-state index contributed by atoms with van der Waals surface area (Å²) in [5, 5.41) is 8.38. The molecule has 0 radical (unpaired) electrons. The van der Waals surface area contributed by atoms with Gasteiger partial charge < -0.3 is 28.4 Å². The summed E-state index contributed by atoms with van der Waals surface area (Å²) in [5.41, 5.74) is 0.745. The molecule has 0 aliphatic carbocycles. The molecular weight excluding hydrogens is 712 g/mol. The minimum atomic E-state index is -1.70. The predicted molar refractivity (Wildman–Crippen MR) is 181 cm³/mol. The number of carbonyl (C=O) groups is 2. The number of carbonyl (C=O) groups excluding carboxylic acids is 2. The Morgan fingerprint density at radius 1 is 0.980 bits per heavy atom. The molecule has 4 aromatic rings. The SMILES string of the molecule is CSC(=S)OC1[C@H]([C@H](OC(=O)c2ccccc2)C(=O)OC(C)C)OC2COC(c3ccccc3)O[C@@H]2[C@@H]1n1cc(-c2cc(F)c(F)c(F)c2)nn1.